The van der Waals surface area contributed by atoms with Crippen LogP contribution in [0.15, 0.2) is 40.9 Å². The number of hydrogen-bond acceptors (Lipinski definition) is 2. The number of benzene rings is 2. The summed E-state index contributed by atoms with van der Waals surface area (Å²) in [6.07, 6.45) is 0. The minimum atomic E-state index is 0.309. The van der Waals surface area contributed by atoms with Crippen LogP contribution in [0.5, 0.6) is 0 Å². The van der Waals surface area contributed by atoms with Crippen LogP contribution >= 0.6 is 38.5 Å². The summed E-state index contributed by atoms with van der Waals surface area (Å²) in [7, 11) is 0. The molecule has 0 aliphatic rings. The molecule has 0 atom stereocenters. The number of rotatable bonds is 2. The van der Waals surface area contributed by atoms with Crippen molar-refractivity contribution in [3.05, 3.63) is 44.4 Å². The predicted molar refractivity (Wildman–Crippen MR) is 100 cm³/mol. The van der Waals surface area contributed by atoms with Gasteiger partial charge in [-0.2, -0.15) is 0 Å². The largest absolute Gasteiger partial charge is 0.398 e. The summed E-state index contributed by atoms with van der Waals surface area (Å²) < 4.78 is 4.43. The molecule has 0 bridgehead atoms. The lowest BCUT2D eigenvalue weighted by molar-refractivity contribution is 0.624. The first-order valence-electron chi connectivity index (χ1n) is 6.70. The molecule has 2 aromatic carbocycles. The predicted octanol–water partition coefficient (Wildman–Crippen LogP) is 5.23. The van der Waals surface area contributed by atoms with Crippen molar-refractivity contribution in [1.29, 1.82) is 0 Å². The van der Waals surface area contributed by atoms with Gasteiger partial charge in [-0.15, -0.1) is 0 Å². The fourth-order valence-electron chi connectivity index (χ4n) is 2.51. The number of nitrogen functional groups attached to an aromatic ring is 1. The van der Waals surface area contributed by atoms with E-state index in [1.807, 2.05) is 24.3 Å². The number of nitrogens with zero attached hydrogens (tertiary/aromatic N) is 2. The first kappa shape index (κ1) is 14.8. The highest BCUT2D eigenvalue weighted by Crippen LogP contribution is 2.33. The highest BCUT2D eigenvalue weighted by Gasteiger charge is 2.17. The van der Waals surface area contributed by atoms with Crippen molar-refractivity contribution in [2.24, 2.45) is 0 Å². The Bertz CT molecular complexity index is 824. The van der Waals surface area contributed by atoms with E-state index >= 15 is 0 Å². The number of anilines is 1. The third-order valence-electron chi connectivity index (χ3n) is 3.42. The molecule has 3 aromatic rings. The van der Waals surface area contributed by atoms with Crippen LogP contribution in [0.2, 0.25) is 0 Å². The van der Waals surface area contributed by atoms with E-state index in [1.165, 1.54) is 0 Å². The van der Waals surface area contributed by atoms with Crippen LogP contribution in [0, 0.1) is 3.57 Å². The molecule has 0 saturated carbocycles. The standard InChI is InChI=1S/C16H15BrIN3/c1-9(2)21-15-6-3-10(17)7-14(15)20-16(21)12-8-11(18)4-5-13(12)19/h3-9H,19H2,1-2H3. The normalized spacial score (nSPS) is 11.5. The van der Waals surface area contributed by atoms with E-state index < -0.39 is 0 Å². The zero-order valence-electron chi connectivity index (χ0n) is 11.8. The van der Waals surface area contributed by atoms with Gasteiger partial charge in [-0.1, -0.05) is 15.9 Å². The molecule has 0 amide bonds. The fourth-order valence-corrected chi connectivity index (χ4v) is 3.35. The summed E-state index contributed by atoms with van der Waals surface area (Å²) in [4.78, 5) is 4.82. The molecular weight excluding hydrogens is 441 g/mol. The average Bonchev–Trinajstić information content (AvgIpc) is 2.79. The van der Waals surface area contributed by atoms with E-state index in [-0.39, 0.29) is 0 Å². The van der Waals surface area contributed by atoms with Gasteiger partial charge in [-0.25, -0.2) is 4.98 Å². The van der Waals surface area contributed by atoms with Crippen LogP contribution in [0.4, 0.5) is 5.69 Å². The zero-order chi connectivity index (χ0) is 15.1. The molecular formula is C16H15BrIN3. The SMILES string of the molecule is CC(C)n1c(-c2cc(I)ccc2N)nc2cc(Br)ccc21. The maximum atomic E-state index is 6.18. The van der Waals surface area contributed by atoms with Crippen molar-refractivity contribution in [2.75, 3.05) is 5.73 Å². The molecule has 0 saturated heterocycles. The van der Waals surface area contributed by atoms with Gasteiger partial charge in [0.15, 0.2) is 0 Å². The first-order valence-corrected chi connectivity index (χ1v) is 8.57. The summed E-state index contributed by atoms with van der Waals surface area (Å²) in [6, 6.07) is 12.5. The Balaban J connectivity index is 2.36. The monoisotopic (exact) mass is 455 g/mol. The lowest BCUT2D eigenvalue weighted by Crippen LogP contribution is -2.04. The Labute approximate surface area is 145 Å². The zero-order valence-corrected chi connectivity index (χ0v) is 15.5. The Kier molecular flexibility index (Phi) is 3.96. The van der Waals surface area contributed by atoms with Crippen LogP contribution in [-0.2, 0) is 0 Å². The number of nitrogens with two attached hydrogens (primary N) is 1. The van der Waals surface area contributed by atoms with Gasteiger partial charge in [0.25, 0.3) is 0 Å². The van der Waals surface area contributed by atoms with Crippen LogP contribution in [-0.4, -0.2) is 9.55 Å². The van der Waals surface area contributed by atoms with Crippen molar-refractivity contribution >= 4 is 55.2 Å². The molecule has 3 nitrogen and oxygen atoms in total. The van der Waals surface area contributed by atoms with Gasteiger partial charge in [0, 0.05) is 25.3 Å². The third-order valence-corrected chi connectivity index (χ3v) is 4.59. The van der Waals surface area contributed by atoms with E-state index in [1.54, 1.807) is 0 Å². The van der Waals surface area contributed by atoms with Crippen LogP contribution < -0.4 is 5.73 Å². The molecule has 0 aliphatic carbocycles. The van der Waals surface area contributed by atoms with Crippen molar-refractivity contribution in [1.82, 2.24) is 9.55 Å². The summed E-state index contributed by atoms with van der Waals surface area (Å²) in [5, 5.41) is 0. The number of hydrogen-bond donors (Lipinski definition) is 1. The van der Waals surface area contributed by atoms with Crippen molar-refractivity contribution in [3.63, 3.8) is 0 Å². The molecule has 3 rings (SSSR count). The van der Waals surface area contributed by atoms with Crippen LogP contribution in [0.3, 0.4) is 0 Å². The van der Waals surface area contributed by atoms with E-state index in [2.05, 4.69) is 69.1 Å². The smallest absolute Gasteiger partial charge is 0.143 e. The van der Waals surface area contributed by atoms with Gasteiger partial charge >= 0.3 is 0 Å². The first-order chi connectivity index (χ1) is 9.97. The summed E-state index contributed by atoms with van der Waals surface area (Å²) in [5.74, 6) is 0.925. The second-order valence-electron chi connectivity index (χ2n) is 5.26. The van der Waals surface area contributed by atoms with Gasteiger partial charge < -0.3 is 10.3 Å². The number of halogens is 2. The van der Waals surface area contributed by atoms with E-state index in [0.29, 0.717) is 6.04 Å². The van der Waals surface area contributed by atoms with Crippen molar-refractivity contribution < 1.29 is 0 Å². The second-order valence-corrected chi connectivity index (χ2v) is 7.43. The molecule has 5 heteroatoms. The van der Waals surface area contributed by atoms with Gasteiger partial charge in [0.2, 0.25) is 0 Å². The number of imidazole rings is 1. The van der Waals surface area contributed by atoms with Crippen LogP contribution in [0.25, 0.3) is 22.4 Å². The fraction of sp³-hybridized carbons (Fsp3) is 0.188. The van der Waals surface area contributed by atoms with Gasteiger partial charge in [-0.05, 0) is 72.8 Å². The molecule has 0 radical (unpaired) electrons. The number of aromatic nitrogens is 2. The summed E-state index contributed by atoms with van der Waals surface area (Å²) in [5.41, 5.74) is 10.0. The molecule has 108 valence electrons. The van der Waals surface area contributed by atoms with Gasteiger partial charge in [0.05, 0.1) is 11.0 Å². The maximum absolute atomic E-state index is 6.18. The van der Waals surface area contributed by atoms with E-state index in [4.69, 9.17) is 10.7 Å². The van der Waals surface area contributed by atoms with Gasteiger partial charge in [-0.3, -0.25) is 0 Å². The summed E-state index contributed by atoms with van der Waals surface area (Å²) >= 11 is 5.81. The lowest BCUT2D eigenvalue weighted by atomic mass is 10.1. The molecule has 0 fully saturated rings. The minimum absolute atomic E-state index is 0.309. The Hall–Kier alpha value is -1.08. The molecule has 21 heavy (non-hydrogen) atoms. The Morgan fingerprint density at radius 2 is 1.95 bits per heavy atom. The van der Waals surface area contributed by atoms with Crippen LogP contribution in [0.1, 0.15) is 19.9 Å². The lowest BCUT2D eigenvalue weighted by Gasteiger charge is -2.14. The topological polar surface area (TPSA) is 43.8 Å². The molecule has 0 spiro atoms. The van der Waals surface area contributed by atoms with Crippen molar-refractivity contribution in [3.8, 4) is 11.4 Å². The van der Waals surface area contributed by atoms with E-state index in [9.17, 15) is 0 Å². The quantitative estimate of drug-likeness (QED) is 0.424. The molecule has 0 aliphatic heterocycles. The maximum Gasteiger partial charge on any atom is 0.143 e. The van der Waals surface area contributed by atoms with Crippen molar-refractivity contribution in [2.45, 2.75) is 19.9 Å². The highest BCUT2D eigenvalue weighted by molar-refractivity contribution is 14.1. The Morgan fingerprint density at radius 3 is 2.67 bits per heavy atom. The number of fused-ring (bicyclic) bond motifs is 1. The molecule has 1 aromatic heterocycles. The highest BCUT2D eigenvalue weighted by atomic mass is 127. The molecule has 2 N–H and O–H groups in total. The molecule has 1 heterocycles. The average molecular weight is 456 g/mol. The summed E-state index contributed by atoms with van der Waals surface area (Å²) in [6.45, 7) is 4.33. The second kappa shape index (κ2) is 5.61. The van der Waals surface area contributed by atoms with Gasteiger partial charge in [0.1, 0.15) is 5.82 Å². The molecule has 0 unspecified atom stereocenters. The minimum Gasteiger partial charge on any atom is -0.398 e. The Morgan fingerprint density at radius 1 is 1.19 bits per heavy atom. The van der Waals surface area contributed by atoms with E-state index in [0.717, 1.165) is 36.2 Å². The third kappa shape index (κ3) is 2.68.